The van der Waals surface area contributed by atoms with Crippen LogP contribution in [0.25, 0.3) is 0 Å². The van der Waals surface area contributed by atoms with E-state index in [1.165, 1.54) is 6.42 Å². The number of nitrogens with one attached hydrogen (secondary N) is 1. The Morgan fingerprint density at radius 3 is 2.52 bits per heavy atom. The molecule has 1 aliphatic heterocycles. The second-order valence-electron chi connectivity index (χ2n) is 6.45. The zero-order valence-corrected chi connectivity index (χ0v) is 14.2. The van der Waals surface area contributed by atoms with E-state index in [4.69, 9.17) is 4.74 Å². The normalized spacial score (nSPS) is 21.7. The van der Waals surface area contributed by atoms with Gasteiger partial charge in [0.1, 0.15) is 0 Å². The van der Waals surface area contributed by atoms with Gasteiger partial charge in [0, 0.05) is 13.1 Å². The Bertz CT molecular complexity index is 549. The van der Waals surface area contributed by atoms with Crippen molar-refractivity contribution < 1.29 is 14.3 Å². The summed E-state index contributed by atoms with van der Waals surface area (Å²) < 4.78 is 5.03. The number of carbonyl (C=O) groups excluding carboxylic acids is 2. The third-order valence-electron chi connectivity index (χ3n) is 4.01. The van der Waals surface area contributed by atoms with Crippen LogP contribution in [0.1, 0.15) is 37.6 Å². The topological polar surface area (TPSA) is 58.6 Å². The zero-order chi connectivity index (χ0) is 16.8. The number of anilines is 1. The Hall–Kier alpha value is -1.88. The van der Waals surface area contributed by atoms with Crippen LogP contribution in [-0.4, -0.2) is 43.0 Å². The van der Waals surface area contributed by atoms with Crippen molar-refractivity contribution in [1.29, 1.82) is 0 Å². The molecule has 126 valence electrons. The van der Waals surface area contributed by atoms with Crippen LogP contribution >= 0.6 is 0 Å². The van der Waals surface area contributed by atoms with E-state index in [2.05, 4.69) is 24.1 Å². The third-order valence-corrected chi connectivity index (χ3v) is 4.01. The van der Waals surface area contributed by atoms with E-state index in [1.807, 2.05) is 0 Å². The maximum Gasteiger partial charge on any atom is 0.340 e. The highest BCUT2D eigenvalue weighted by molar-refractivity contribution is 6.01. The van der Waals surface area contributed by atoms with Gasteiger partial charge in [-0.3, -0.25) is 9.69 Å². The molecule has 1 N–H and O–H groups in total. The summed E-state index contributed by atoms with van der Waals surface area (Å²) in [5.74, 6) is 0.711. The predicted octanol–water partition coefficient (Wildman–Crippen LogP) is 2.78. The van der Waals surface area contributed by atoms with Crippen LogP contribution in [-0.2, 0) is 9.53 Å². The van der Waals surface area contributed by atoms with Gasteiger partial charge >= 0.3 is 5.97 Å². The standard InChI is InChI=1S/C18H26N2O3/c1-4-23-18(22)15-7-5-6-8-16(15)19-17(21)12-20-10-13(2)9-14(3)11-20/h5-8,13-14H,4,9-12H2,1-3H3,(H,19,21)/t13-,14-/m1/s1. The quantitative estimate of drug-likeness (QED) is 0.848. The summed E-state index contributed by atoms with van der Waals surface area (Å²) in [6, 6.07) is 6.95. The highest BCUT2D eigenvalue weighted by Crippen LogP contribution is 2.21. The number of hydrogen-bond acceptors (Lipinski definition) is 4. The third kappa shape index (κ3) is 5.06. The number of benzene rings is 1. The van der Waals surface area contributed by atoms with E-state index in [9.17, 15) is 9.59 Å². The van der Waals surface area contributed by atoms with E-state index in [1.54, 1.807) is 31.2 Å². The average Bonchev–Trinajstić information content (AvgIpc) is 2.46. The van der Waals surface area contributed by atoms with Gasteiger partial charge in [-0.25, -0.2) is 4.79 Å². The Morgan fingerprint density at radius 1 is 1.22 bits per heavy atom. The molecule has 1 aromatic carbocycles. The molecule has 1 aliphatic rings. The number of para-hydroxylation sites is 1. The monoisotopic (exact) mass is 318 g/mol. The van der Waals surface area contributed by atoms with Crippen molar-refractivity contribution in [2.75, 3.05) is 31.6 Å². The van der Waals surface area contributed by atoms with Gasteiger partial charge in [-0.05, 0) is 37.3 Å². The Morgan fingerprint density at radius 2 is 1.87 bits per heavy atom. The summed E-state index contributed by atoms with van der Waals surface area (Å²) in [5.41, 5.74) is 0.900. The first-order chi connectivity index (χ1) is 11.0. The van der Waals surface area contributed by atoms with Crippen LogP contribution in [0.2, 0.25) is 0 Å². The SMILES string of the molecule is CCOC(=O)c1ccccc1NC(=O)CN1C[C@H](C)C[C@@H](C)C1. The Balaban J connectivity index is 1.99. The van der Waals surface area contributed by atoms with E-state index < -0.39 is 5.97 Å². The van der Waals surface area contributed by atoms with E-state index >= 15 is 0 Å². The van der Waals surface area contributed by atoms with Crippen molar-refractivity contribution in [3.05, 3.63) is 29.8 Å². The number of piperidine rings is 1. The van der Waals surface area contributed by atoms with Crippen molar-refractivity contribution in [3.63, 3.8) is 0 Å². The maximum absolute atomic E-state index is 12.3. The molecular formula is C18H26N2O3. The van der Waals surface area contributed by atoms with Crippen molar-refractivity contribution in [3.8, 4) is 0 Å². The highest BCUT2D eigenvalue weighted by atomic mass is 16.5. The number of carbonyl (C=O) groups is 2. The smallest absolute Gasteiger partial charge is 0.340 e. The molecule has 0 spiro atoms. The van der Waals surface area contributed by atoms with Crippen molar-refractivity contribution in [2.24, 2.45) is 11.8 Å². The molecule has 2 atom stereocenters. The summed E-state index contributed by atoms with van der Waals surface area (Å²) in [7, 11) is 0. The number of likely N-dealkylation sites (tertiary alicyclic amines) is 1. The molecule has 0 radical (unpaired) electrons. The average molecular weight is 318 g/mol. The molecule has 1 heterocycles. The summed E-state index contributed by atoms with van der Waals surface area (Å²) in [6.07, 6.45) is 1.21. The molecule has 5 heteroatoms. The van der Waals surface area contributed by atoms with Crippen LogP contribution in [0, 0.1) is 11.8 Å². The van der Waals surface area contributed by atoms with E-state index in [-0.39, 0.29) is 5.91 Å². The van der Waals surface area contributed by atoms with Crippen molar-refractivity contribution in [2.45, 2.75) is 27.2 Å². The van der Waals surface area contributed by atoms with Crippen LogP contribution in [0.5, 0.6) is 0 Å². The van der Waals surface area contributed by atoms with Gasteiger partial charge in [0.25, 0.3) is 0 Å². The number of nitrogens with zero attached hydrogens (tertiary/aromatic N) is 1. The first-order valence-corrected chi connectivity index (χ1v) is 8.28. The molecule has 1 saturated heterocycles. The van der Waals surface area contributed by atoms with Gasteiger partial charge in [-0.2, -0.15) is 0 Å². The second kappa shape index (κ2) is 8.11. The lowest BCUT2D eigenvalue weighted by atomic mass is 9.92. The maximum atomic E-state index is 12.3. The van der Waals surface area contributed by atoms with Crippen LogP contribution < -0.4 is 5.32 Å². The minimum Gasteiger partial charge on any atom is -0.462 e. The molecule has 0 aliphatic carbocycles. The number of esters is 1. The van der Waals surface area contributed by atoms with E-state index in [0.29, 0.717) is 36.2 Å². The lowest BCUT2D eigenvalue weighted by molar-refractivity contribution is -0.117. The minimum absolute atomic E-state index is 0.0944. The fourth-order valence-electron chi connectivity index (χ4n) is 3.29. The number of rotatable bonds is 5. The van der Waals surface area contributed by atoms with Gasteiger partial charge in [0.15, 0.2) is 0 Å². The molecule has 1 amide bonds. The zero-order valence-electron chi connectivity index (χ0n) is 14.2. The first kappa shape index (κ1) is 17.5. The van der Waals surface area contributed by atoms with Gasteiger partial charge in [-0.15, -0.1) is 0 Å². The minimum atomic E-state index is -0.413. The Kier molecular flexibility index (Phi) is 6.16. The molecule has 5 nitrogen and oxygen atoms in total. The molecular weight excluding hydrogens is 292 g/mol. The first-order valence-electron chi connectivity index (χ1n) is 8.28. The fraction of sp³-hybridized carbons (Fsp3) is 0.556. The van der Waals surface area contributed by atoms with Gasteiger partial charge in [0.05, 0.1) is 24.4 Å². The van der Waals surface area contributed by atoms with E-state index in [0.717, 1.165) is 13.1 Å². The molecule has 0 unspecified atom stereocenters. The lowest BCUT2D eigenvalue weighted by Crippen LogP contribution is -2.42. The highest BCUT2D eigenvalue weighted by Gasteiger charge is 2.23. The van der Waals surface area contributed by atoms with Crippen LogP contribution in [0.4, 0.5) is 5.69 Å². The van der Waals surface area contributed by atoms with Gasteiger partial charge in [0.2, 0.25) is 5.91 Å². The number of hydrogen-bond donors (Lipinski definition) is 1. The summed E-state index contributed by atoms with van der Waals surface area (Å²) >= 11 is 0. The molecule has 0 aromatic heterocycles. The molecule has 2 rings (SSSR count). The number of ether oxygens (including phenoxy) is 1. The molecule has 0 saturated carbocycles. The van der Waals surface area contributed by atoms with Crippen LogP contribution in [0.3, 0.4) is 0 Å². The number of amides is 1. The summed E-state index contributed by atoms with van der Waals surface area (Å²) in [5, 5.41) is 2.85. The molecule has 23 heavy (non-hydrogen) atoms. The molecule has 1 aromatic rings. The molecule has 0 bridgehead atoms. The van der Waals surface area contributed by atoms with Gasteiger partial charge in [-0.1, -0.05) is 26.0 Å². The van der Waals surface area contributed by atoms with Crippen molar-refractivity contribution in [1.82, 2.24) is 4.90 Å². The van der Waals surface area contributed by atoms with Crippen molar-refractivity contribution >= 4 is 17.6 Å². The van der Waals surface area contributed by atoms with Gasteiger partial charge < -0.3 is 10.1 Å². The Labute approximate surface area is 138 Å². The summed E-state index contributed by atoms with van der Waals surface area (Å²) in [4.78, 5) is 26.4. The fourth-order valence-corrected chi connectivity index (χ4v) is 3.29. The predicted molar refractivity (Wildman–Crippen MR) is 90.4 cm³/mol. The molecule has 1 fully saturated rings. The second-order valence-corrected chi connectivity index (χ2v) is 6.45. The summed E-state index contributed by atoms with van der Waals surface area (Å²) in [6.45, 7) is 8.75. The largest absolute Gasteiger partial charge is 0.462 e. The lowest BCUT2D eigenvalue weighted by Gasteiger charge is -2.34. The van der Waals surface area contributed by atoms with Crippen LogP contribution in [0.15, 0.2) is 24.3 Å².